The molecule has 112 valence electrons. The van der Waals surface area contributed by atoms with E-state index in [2.05, 4.69) is 10.6 Å². The van der Waals surface area contributed by atoms with Crippen LogP contribution < -0.4 is 10.6 Å². The Labute approximate surface area is 116 Å². The summed E-state index contributed by atoms with van der Waals surface area (Å²) >= 11 is 0. The number of hydrogen-bond donors (Lipinski definition) is 3. The largest absolute Gasteiger partial charge is 0.480 e. The van der Waals surface area contributed by atoms with Crippen molar-refractivity contribution in [2.45, 2.75) is 32.7 Å². The summed E-state index contributed by atoms with van der Waals surface area (Å²) in [6.07, 6.45) is 0.444. The van der Waals surface area contributed by atoms with Crippen molar-refractivity contribution in [2.24, 2.45) is 5.92 Å². The summed E-state index contributed by atoms with van der Waals surface area (Å²) in [5.41, 5.74) is 0. The summed E-state index contributed by atoms with van der Waals surface area (Å²) < 4.78 is 0. The highest BCUT2D eigenvalue weighted by atomic mass is 16.4. The summed E-state index contributed by atoms with van der Waals surface area (Å²) in [7, 11) is 0. The lowest BCUT2D eigenvalue weighted by Gasteiger charge is -2.26. The molecular weight excluding hydrogens is 266 g/mol. The molecule has 1 saturated heterocycles. The Morgan fingerprint density at radius 1 is 1.40 bits per heavy atom. The number of nitrogens with zero attached hydrogens (tertiary/aromatic N) is 1. The van der Waals surface area contributed by atoms with E-state index in [1.165, 1.54) is 4.90 Å². The molecule has 1 aliphatic rings. The number of aliphatic carboxylic acids is 1. The molecule has 0 radical (unpaired) electrons. The van der Waals surface area contributed by atoms with Gasteiger partial charge in [0.25, 0.3) is 0 Å². The van der Waals surface area contributed by atoms with Crippen LogP contribution in [0.1, 0.15) is 26.7 Å². The molecule has 0 saturated carbocycles. The standard InChI is InChI=1S/C12H19N3O5/c1-7(2)5-8(11(18)19)13-10(17)6-15-4-3-9(16)14-12(15)20/h7-8H,3-6H2,1-2H3,(H,13,17)(H,18,19)(H,14,16,20)/t8-/m0/s1. The zero-order valence-corrected chi connectivity index (χ0v) is 11.5. The van der Waals surface area contributed by atoms with Crippen molar-refractivity contribution in [1.82, 2.24) is 15.5 Å². The van der Waals surface area contributed by atoms with E-state index in [4.69, 9.17) is 5.11 Å². The molecule has 0 aromatic heterocycles. The van der Waals surface area contributed by atoms with Gasteiger partial charge in [0.2, 0.25) is 11.8 Å². The molecule has 0 unspecified atom stereocenters. The lowest BCUT2D eigenvalue weighted by molar-refractivity contribution is -0.142. The fourth-order valence-corrected chi connectivity index (χ4v) is 1.86. The zero-order valence-electron chi connectivity index (χ0n) is 11.5. The monoisotopic (exact) mass is 285 g/mol. The number of carboxylic acid groups (broad SMARTS) is 1. The fourth-order valence-electron chi connectivity index (χ4n) is 1.86. The molecule has 20 heavy (non-hydrogen) atoms. The van der Waals surface area contributed by atoms with E-state index in [9.17, 15) is 19.2 Å². The third kappa shape index (κ3) is 4.87. The van der Waals surface area contributed by atoms with Crippen LogP contribution in [0.2, 0.25) is 0 Å². The third-order valence-electron chi connectivity index (χ3n) is 2.82. The molecule has 1 fully saturated rings. The van der Waals surface area contributed by atoms with Crippen molar-refractivity contribution in [3.05, 3.63) is 0 Å². The summed E-state index contributed by atoms with van der Waals surface area (Å²) in [6.45, 7) is 3.60. The van der Waals surface area contributed by atoms with Gasteiger partial charge in [0.1, 0.15) is 12.6 Å². The average molecular weight is 285 g/mol. The lowest BCUT2D eigenvalue weighted by atomic mass is 10.0. The van der Waals surface area contributed by atoms with E-state index in [1.807, 2.05) is 13.8 Å². The highest BCUT2D eigenvalue weighted by molar-refractivity contribution is 5.98. The molecule has 4 amide bonds. The zero-order chi connectivity index (χ0) is 15.3. The number of carbonyl (C=O) groups is 4. The van der Waals surface area contributed by atoms with Crippen LogP contribution in [-0.2, 0) is 14.4 Å². The van der Waals surface area contributed by atoms with Gasteiger partial charge < -0.3 is 15.3 Å². The molecule has 1 atom stereocenters. The second-order valence-electron chi connectivity index (χ2n) is 5.11. The van der Waals surface area contributed by atoms with Gasteiger partial charge in [0.05, 0.1) is 0 Å². The number of nitrogens with one attached hydrogen (secondary N) is 2. The molecule has 0 aliphatic carbocycles. The minimum absolute atomic E-state index is 0.118. The highest BCUT2D eigenvalue weighted by Gasteiger charge is 2.27. The molecular formula is C12H19N3O5. The van der Waals surface area contributed by atoms with Gasteiger partial charge in [-0.2, -0.15) is 0 Å². The first-order chi connectivity index (χ1) is 9.29. The highest BCUT2D eigenvalue weighted by Crippen LogP contribution is 2.05. The Morgan fingerprint density at radius 3 is 2.55 bits per heavy atom. The Balaban J connectivity index is 2.51. The smallest absolute Gasteiger partial charge is 0.326 e. The van der Waals surface area contributed by atoms with Gasteiger partial charge in [0.15, 0.2) is 0 Å². The predicted octanol–water partition coefficient (Wildman–Crippen LogP) is -0.456. The summed E-state index contributed by atoms with van der Waals surface area (Å²) in [5.74, 6) is -1.92. The topological polar surface area (TPSA) is 116 Å². The Kier molecular flexibility index (Phi) is 5.48. The van der Waals surface area contributed by atoms with Gasteiger partial charge in [-0.25, -0.2) is 9.59 Å². The van der Waals surface area contributed by atoms with Crippen LogP contribution in [0.25, 0.3) is 0 Å². The van der Waals surface area contributed by atoms with Gasteiger partial charge in [0, 0.05) is 13.0 Å². The molecule has 8 nitrogen and oxygen atoms in total. The lowest BCUT2D eigenvalue weighted by Crippen LogP contribution is -2.54. The SMILES string of the molecule is CC(C)C[C@H](NC(=O)CN1CCC(=O)NC1=O)C(=O)O. The fraction of sp³-hybridized carbons (Fsp3) is 0.667. The van der Waals surface area contributed by atoms with Crippen LogP contribution in [-0.4, -0.2) is 53.0 Å². The van der Waals surface area contributed by atoms with Gasteiger partial charge in [-0.15, -0.1) is 0 Å². The van der Waals surface area contributed by atoms with Gasteiger partial charge in [-0.3, -0.25) is 14.9 Å². The summed E-state index contributed by atoms with van der Waals surface area (Å²) in [5, 5.41) is 13.5. The maximum Gasteiger partial charge on any atom is 0.326 e. The average Bonchev–Trinajstić information content (AvgIpc) is 2.31. The first-order valence-corrected chi connectivity index (χ1v) is 6.40. The van der Waals surface area contributed by atoms with Crippen molar-refractivity contribution in [3.8, 4) is 0 Å². The molecule has 1 rings (SSSR count). The van der Waals surface area contributed by atoms with E-state index in [-0.39, 0.29) is 31.3 Å². The summed E-state index contributed by atoms with van der Waals surface area (Å²) in [6, 6.07) is -1.61. The van der Waals surface area contributed by atoms with Crippen LogP contribution >= 0.6 is 0 Å². The Bertz CT molecular complexity index is 421. The van der Waals surface area contributed by atoms with Crippen molar-refractivity contribution in [3.63, 3.8) is 0 Å². The van der Waals surface area contributed by atoms with Gasteiger partial charge in [-0.05, 0) is 12.3 Å². The maximum absolute atomic E-state index is 11.8. The minimum atomic E-state index is -1.11. The second-order valence-corrected chi connectivity index (χ2v) is 5.11. The first kappa shape index (κ1) is 15.9. The minimum Gasteiger partial charge on any atom is -0.480 e. The second kappa shape index (κ2) is 6.88. The van der Waals surface area contributed by atoms with Crippen LogP contribution in [0, 0.1) is 5.92 Å². The number of rotatable bonds is 6. The first-order valence-electron chi connectivity index (χ1n) is 6.40. The van der Waals surface area contributed by atoms with E-state index in [0.29, 0.717) is 6.42 Å². The molecule has 0 spiro atoms. The number of carboxylic acids is 1. The number of hydrogen-bond acceptors (Lipinski definition) is 4. The third-order valence-corrected chi connectivity index (χ3v) is 2.82. The van der Waals surface area contributed by atoms with E-state index < -0.39 is 23.9 Å². The number of carbonyl (C=O) groups excluding carboxylic acids is 3. The van der Waals surface area contributed by atoms with Gasteiger partial charge in [-0.1, -0.05) is 13.8 Å². The van der Waals surface area contributed by atoms with Crippen molar-refractivity contribution in [2.75, 3.05) is 13.1 Å². The van der Waals surface area contributed by atoms with Crippen LogP contribution in [0.3, 0.4) is 0 Å². The molecule has 0 bridgehead atoms. The summed E-state index contributed by atoms with van der Waals surface area (Å²) in [4.78, 5) is 46.3. The Morgan fingerprint density at radius 2 is 2.05 bits per heavy atom. The molecule has 3 N–H and O–H groups in total. The van der Waals surface area contributed by atoms with Crippen LogP contribution in [0.15, 0.2) is 0 Å². The van der Waals surface area contributed by atoms with Crippen molar-refractivity contribution in [1.29, 1.82) is 0 Å². The van der Waals surface area contributed by atoms with E-state index in [0.717, 1.165) is 0 Å². The molecule has 0 aromatic rings. The number of amides is 4. The number of urea groups is 1. The number of imide groups is 1. The Hall–Kier alpha value is -2.12. The quantitative estimate of drug-likeness (QED) is 0.611. The molecule has 1 heterocycles. The molecule has 8 heteroatoms. The van der Waals surface area contributed by atoms with Gasteiger partial charge >= 0.3 is 12.0 Å². The molecule has 1 aliphatic heterocycles. The molecule has 0 aromatic carbocycles. The van der Waals surface area contributed by atoms with Crippen molar-refractivity contribution < 1.29 is 24.3 Å². The van der Waals surface area contributed by atoms with E-state index >= 15 is 0 Å². The normalized spacial score (nSPS) is 16.9. The van der Waals surface area contributed by atoms with Crippen LogP contribution in [0.4, 0.5) is 4.79 Å². The van der Waals surface area contributed by atoms with E-state index in [1.54, 1.807) is 0 Å². The van der Waals surface area contributed by atoms with Crippen molar-refractivity contribution >= 4 is 23.8 Å². The maximum atomic E-state index is 11.8. The van der Waals surface area contributed by atoms with Crippen LogP contribution in [0.5, 0.6) is 0 Å². The predicted molar refractivity (Wildman–Crippen MR) is 68.8 cm³/mol.